The van der Waals surface area contributed by atoms with Gasteiger partial charge in [-0.05, 0) is 30.2 Å². The molecule has 0 aromatic heterocycles. The average Bonchev–Trinajstić information content (AvgIpc) is 2.41. The van der Waals surface area contributed by atoms with Crippen LogP contribution in [0, 0.1) is 11.6 Å². The van der Waals surface area contributed by atoms with Gasteiger partial charge in [0.25, 0.3) is 0 Å². The van der Waals surface area contributed by atoms with Gasteiger partial charge in [-0.25, -0.2) is 8.78 Å². The molecule has 0 fully saturated rings. The zero-order chi connectivity index (χ0) is 13.1. The number of hydrogen-bond acceptors (Lipinski definition) is 1. The second kappa shape index (κ2) is 5.08. The van der Waals surface area contributed by atoms with E-state index in [0.717, 1.165) is 30.2 Å². The Kier molecular flexibility index (Phi) is 3.51. The maximum Gasteiger partial charge on any atom is 0.196 e. The van der Waals surface area contributed by atoms with Gasteiger partial charge in [0.05, 0.1) is 5.56 Å². The summed E-state index contributed by atoms with van der Waals surface area (Å²) in [5.41, 5.74) is 1.21. The van der Waals surface area contributed by atoms with E-state index in [2.05, 4.69) is 0 Å². The highest BCUT2D eigenvalue weighted by molar-refractivity contribution is 6.09. The van der Waals surface area contributed by atoms with Gasteiger partial charge in [0, 0.05) is 5.56 Å². The van der Waals surface area contributed by atoms with Crippen LogP contribution in [-0.2, 0) is 6.42 Å². The van der Waals surface area contributed by atoms with E-state index in [1.165, 1.54) is 0 Å². The Morgan fingerprint density at radius 2 is 1.72 bits per heavy atom. The lowest BCUT2D eigenvalue weighted by atomic mass is 10.0. The summed E-state index contributed by atoms with van der Waals surface area (Å²) in [5.74, 6) is -1.83. The van der Waals surface area contributed by atoms with Crippen molar-refractivity contribution in [3.05, 3.63) is 70.8 Å². The van der Waals surface area contributed by atoms with Gasteiger partial charge in [-0.1, -0.05) is 31.2 Å². The maximum atomic E-state index is 13.5. The fourth-order valence-electron chi connectivity index (χ4n) is 1.72. The molecular formula is C15H12F2O. The topological polar surface area (TPSA) is 17.1 Å². The van der Waals surface area contributed by atoms with Crippen molar-refractivity contribution in [2.75, 3.05) is 0 Å². The first kappa shape index (κ1) is 12.4. The number of benzene rings is 2. The Bertz CT molecular complexity index is 574. The van der Waals surface area contributed by atoms with Crippen LogP contribution in [0.5, 0.6) is 0 Å². The molecule has 0 aliphatic carbocycles. The number of hydrogen-bond donors (Lipinski definition) is 0. The molecule has 0 heterocycles. The third-order valence-corrected chi connectivity index (χ3v) is 2.80. The Labute approximate surface area is 104 Å². The quantitative estimate of drug-likeness (QED) is 0.754. The van der Waals surface area contributed by atoms with E-state index in [1.807, 2.05) is 19.1 Å². The number of rotatable bonds is 3. The van der Waals surface area contributed by atoms with E-state index in [-0.39, 0.29) is 5.56 Å². The van der Waals surface area contributed by atoms with Crippen molar-refractivity contribution in [1.29, 1.82) is 0 Å². The minimum atomic E-state index is -0.707. The smallest absolute Gasteiger partial charge is 0.196 e. The van der Waals surface area contributed by atoms with Gasteiger partial charge >= 0.3 is 0 Å². The van der Waals surface area contributed by atoms with Gasteiger partial charge in [-0.2, -0.15) is 0 Å². The summed E-state index contributed by atoms with van der Waals surface area (Å²) in [7, 11) is 0. The van der Waals surface area contributed by atoms with Crippen LogP contribution in [-0.4, -0.2) is 5.78 Å². The van der Waals surface area contributed by atoms with Crippen molar-refractivity contribution < 1.29 is 13.6 Å². The van der Waals surface area contributed by atoms with E-state index in [1.54, 1.807) is 12.1 Å². The molecule has 0 N–H and O–H groups in total. The lowest BCUT2D eigenvalue weighted by molar-refractivity contribution is 0.103. The highest BCUT2D eigenvalue weighted by atomic mass is 19.1. The van der Waals surface area contributed by atoms with Crippen LogP contribution in [0.25, 0.3) is 0 Å². The van der Waals surface area contributed by atoms with E-state index in [9.17, 15) is 13.6 Å². The van der Waals surface area contributed by atoms with Crippen LogP contribution in [0.2, 0.25) is 0 Å². The molecule has 3 heteroatoms. The van der Waals surface area contributed by atoms with E-state index >= 15 is 0 Å². The number of aryl methyl sites for hydroxylation is 1. The van der Waals surface area contributed by atoms with Crippen LogP contribution in [0.4, 0.5) is 8.78 Å². The second-order valence-corrected chi connectivity index (χ2v) is 4.00. The minimum Gasteiger partial charge on any atom is -0.288 e. The molecule has 18 heavy (non-hydrogen) atoms. The summed E-state index contributed by atoms with van der Waals surface area (Å²) in [4.78, 5) is 12.0. The molecule has 0 radical (unpaired) electrons. The second-order valence-electron chi connectivity index (χ2n) is 4.00. The summed E-state index contributed by atoms with van der Waals surface area (Å²) in [6.45, 7) is 2.00. The predicted molar refractivity (Wildman–Crippen MR) is 65.6 cm³/mol. The van der Waals surface area contributed by atoms with Crippen LogP contribution >= 0.6 is 0 Å². The summed E-state index contributed by atoms with van der Waals surface area (Å²) < 4.78 is 26.5. The highest BCUT2D eigenvalue weighted by Gasteiger charge is 2.14. The third-order valence-electron chi connectivity index (χ3n) is 2.80. The van der Waals surface area contributed by atoms with Crippen LogP contribution in [0.15, 0.2) is 42.5 Å². The molecule has 0 aliphatic rings. The molecule has 2 aromatic rings. The Morgan fingerprint density at radius 1 is 1.06 bits per heavy atom. The highest BCUT2D eigenvalue weighted by Crippen LogP contribution is 2.16. The van der Waals surface area contributed by atoms with Gasteiger partial charge in [-0.3, -0.25) is 4.79 Å². The zero-order valence-electron chi connectivity index (χ0n) is 9.91. The lowest BCUT2D eigenvalue weighted by Crippen LogP contribution is -2.05. The third kappa shape index (κ3) is 2.45. The van der Waals surface area contributed by atoms with E-state index in [0.29, 0.717) is 5.56 Å². The lowest BCUT2D eigenvalue weighted by Gasteiger charge is -2.04. The SMILES string of the molecule is CCc1ccc(C(=O)c2cc(F)ccc2F)cc1. The van der Waals surface area contributed by atoms with Crippen molar-refractivity contribution in [3.63, 3.8) is 0 Å². The van der Waals surface area contributed by atoms with Gasteiger partial charge in [0.1, 0.15) is 11.6 Å². The van der Waals surface area contributed by atoms with Crippen molar-refractivity contribution in [2.24, 2.45) is 0 Å². The molecule has 0 spiro atoms. The van der Waals surface area contributed by atoms with Crippen molar-refractivity contribution in [2.45, 2.75) is 13.3 Å². The first-order chi connectivity index (χ1) is 8.61. The summed E-state index contributed by atoms with van der Waals surface area (Å²) in [5, 5.41) is 0. The number of ketones is 1. The Morgan fingerprint density at radius 3 is 2.33 bits per heavy atom. The fraction of sp³-hybridized carbons (Fsp3) is 0.133. The molecule has 0 amide bonds. The molecule has 1 nitrogen and oxygen atoms in total. The normalized spacial score (nSPS) is 10.4. The van der Waals surface area contributed by atoms with Gasteiger partial charge in [0.2, 0.25) is 0 Å². The van der Waals surface area contributed by atoms with Crippen LogP contribution < -0.4 is 0 Å². The largest absolute Gasteiger partial charge is 0.288 e. The molecule has 2 rings (SSSR count). The van der Waals surface area contributed by atoms with Crippen LogP contribution in [0.1, 0.15) is 28.4 Å². The van der Waals surface area contributed by atoms with Crippen LogP contribution in [0.3, 0.4) is 0 Å². The molecule has 2 aromatic carbocycles. The van der Waals surface area contributed by atoms with E-state index in [4.69, 9.17) is 0 Å². The van der Waals surface area contributed by atoms with Crippen molar-refractivity contribution in [3.8, 4) is 0 Å². The zero-order valence-corrected chi connectivity index (χ0v) is 9.91. The standard InChI is InChI=1S/C15H12F2O/c1-2-10-3-5-11(6-4-10)15(18)13-9-12(16)7-8-14(13)17/h3-9H,2H2,1H3. The van der Waals surface area contributed by atoms with Gasteiger partial charge < -0.3 is 0 Å². The van der Waals surface area contributed by atoms with Crippen molar-refractivity contribution >= 4 is 5.78 Å². The summed E-state index contributed by atoms with van der Waals surface area (Å²) in [6.07, 6.45) is 0.864. The first-order valence-corrected chi connectivity index (χ1v) is 5.70. The van der Waals surface area contributed by atoms with Gasteiger partial charge in [-0.15, -0.1) is 0 Å². The molecule has 0 saturated carbocycles. The maximum absolute atomic E-state index is 13.5. The molecule has 0 atom stereocenters. The average molecular weight is 246 g/mol. The number of carbonyl (C=O) groups excluding carboxylic acids is 1. The summed E-state index contributed by atoms with van der Waals surface area (Å²) >= 11 is 0. The molecular weight excluding hydrogens is 234 g/mol. The minimum absolute atomic E-state index is 0.237. The predicted octanol–water partition coefficient (Wildman–Crippen LogP) is 3.76. The van der Waals surface area contributed by atoms with E-state index < -0.39 is 17.4 Å². The molecule has 0 unspecified atom stereocenters. The number of carbonyl (C=O) groups is 1. The Balaban J connectivity index is 2.38. The molecule has 0 aliphatic heterocycles. The fourth-order valence-corrected chi connectivity index (χ4v) is 1.72. The molecule has 0 saturated heterocycles. The number of halogens is 2. The monoisotopic (exact) mass is 246 g/mol. The van der Waals surface area contributed by atoms with Crippen molar-refractivity contribution in [1.82, 2.24) is 0 Å². The molecule has 0 bridgehead atoms. The molecule has 92 valence electrons. The van der Waals surface area contributed by atoms with Gasteiger partial charge in [0.15, 0.2) is 5.78 Å². The Hall–Kier alpha value is -2.03. The first-order valence-electron chi connectivity index (χ1n) is 5.70. The summed E-state index contributed by atoms with van der Waals surface area (Å²) in [6, 6.07) is 9.76.